The van der Waals surface area contributed by atoms with Crippen molar-refractivity contribution in [1.82, 2.24) is 5.32 Å². The highest BCUT2D eigenvalue weighted by atomic mass is 19.4. The van der Waals surface area contributed by atoms with Crippen molar-refractivity contribution in [3.63, 3.8) is 0 Å². The largest absolute Gasteiger partial charge is 0.435 e. The summed E-state index contributed by atoms with van der Waals surface area (Å²) in [5, 5.41) is 16.0. The van der Waals surface area contributed by atoms with Crippen LogP contribution in [-0.2, 0) is 5.67 Å². The lowest BCUT2D eigenvalue weighted by Gasteiger charge is -2.30. The van der Waals surface area contributed by atoms with E-state index in [1.54, 1.807) is 0 Å². The Bertz CT molecular complexity index is 1150. The Morgan fingerprint density at radius 2 is 1.58 bits per heavy atom. The molecule has 0 atom stereocenters. The molecule has 0 spiro atoms. The number of alkyl halides is 7. The molecule has 2 aromatic carbocycles. The van der Waals surface area contributed by atoms with Gasteiger partial charge in [0.25, 0.3) is 17.5 Å². The van der Waals surface area contributed by atoms with E-state index < -0.39 is 57.1 Å². The lowest BCUT2D eigenvalue weighted by atomic mass is 9.92. The number of amides is 2. The molecule has 0 aliphatic carbocycles. The molecule has 2 N–H and O–H groups in total. The van der Waals surface area contributed by atoms with Gasteiger partial charge < -0.3 is 10.6 Å². The molecule has 36 heavy (non-hydrogen) atoms. The quantitative estimate of drug-likeness (QED) is 0.193. The molecule has 0 radical (unpaired) electrons. The second-order valence-corrected chi connectivity index (χ2v) is 7.70. The van der Waals surface area contributed by atoms with Gasteiger partial charge in [-0.1, -0.05) is 31.5 Å². The van der Waals surface area contributed by atoms with Crippen LogP contribution in [0.15, 0.2) is 36.4 Å². The minimum absolute atomic E-state index is 0.159. The van der Waals surface area contributed by atoms with Crippen molar-refractivity contribution < 1.29 is 45.2 Å². The van der Waals surface area contributed by atoms with Gasteiger partial charge in [0.15, 0.2) is 0 Å². The van der Waals surface area contributed by atoms with Gasteiger partial charge in [0.2, 0.25) is 0 Å². The van der Waals surface area contributed by atoms with Crippen molar-refractivity contribution in [2.75, 3.05) is 11.9 Å². The highest BCUT2D eigenvalue weighted by Crippen LogP contribution is 2.53. The third-order valence-corrected chi connectivity index (χ3v) is 5.18. The number of nitrogens with one attached hydrogen (secondary N) is 2. The maximum atomic E-state index is 14.3. The first kappa shape index (κ1) is 28.5. The number of nitro groups is 1. The number of hydrogen-bond donors (Lipinski definition) is 2. The molecule has 2 rings (SSSR count). The number of unbranched alkanes of at least 4 members (excludes halogenated alkanes) is 1. The summed E-state index contributed by atoms with van der Waals surface area (Å²) in [4.78, 5) is 36.0. The number of aryl methyl sites for hydroxylation is 1. The van der Waals surface area contributed by atoms with Crippen molar-refractivity contribution in [2.45, 2.75) is 44.7 Å². The van der Waals surface area contributed by atoms with Crippen LogP contribution in [0.25, 0.3) is 0 Å². The van der Waals surface area contributed by atoms with Gasteiger partial charge >= 0.3 is 18.0 Å². The molecular weight excluding hydrogens is 503 g/mol. The first-order valence-electron chi connectivity index (χ1n) is 10.4. The van der Waals surface area contributed by atoms with Crippen LogP contribution in [0.5, 0.6) is 0 Å². The van der Waals surface area contributed by atoms with Gasteiger partial charge in [0.1, 0.15) is 5.56 Å². The number of carbonyl (C=O) groups is 2. The minimum Gasteiger partial charge on any atom is -0.352 e. The highest BCUT2D eigenvalue weighted by molar-refractivity contribution is 6.14. The fourth-order valence-electron chi connectivity index (χ4n) is 3.28. The van der Waals surface area contributed by atoms with Gasteiger partial charge in [-0.2, -0.15) is 26.3 Å². The Balaban J connectivity index is 2.47. The Morgan fingerprint density at radius 3 is 2.08 bits per heavy atom. The maximum Gasteiger partial charge on any atom is 0.435 e. The molecule has 2 amide bonds. The zero-order valence-electron chi connectivity index (χ0n) is 18.8. The molecular formula is C22H20F7N3O4. The molecule has 0 unspecified atom stereocenters. The highest BCUT2D eigenvalue weighted by Gasteiger charge is 2.73. The number of carbonyl (C=O) groups excluding carboxylic acids is 2. The number of rotatable bonds is 8. The molecule has 0 saturated carbocycles. The summed E-state index contributed by atoms with van der Waals surface area (Å²) in [6.45, 7) is 3.02. The van der Waals surface area contributed by atoms with Gasteiger partial charge in [0.05, 0.1) is 10.5 Å². The van der Waals surface area contributed by atoms with E-state index in [4.69, 9.17) is 0 Å². The Kier molecular flexibility index (Phi) is 8.32. The molecule has 0 saturated heterocycles. The summed E-state index contributed by atoms with van der Waals surface area (Å²) in [6.07, 6.45) is -11.4. The molecule has 0 aliphatic heterocycles. The van der Waals surface area contributed by atoms with E-state index in [1.807, 2.05) is 6.92 Å². The van der Waals surface area contributed by atoms with Crippen LogP contribution in [0.4, 0.5) is 42.1 Å². The molecule has 0 aromatic heterocycles. The van der Waals surface area contributed by atoms with Gasteiger partial charge in [-0.15, -0.1) is 0 Å². The Hall–Kier alpha value is -3.71. The number of hydrogen-bond acceptors (Lipinski definition) is 4. The van der Waals surface area contributed by atoms with Crippen molar-refractivity contribution in [2.24, 2.45) is 0 Å². The SMILES string of the molecule is CCCCNC(=O)c1c(C(=O)Nc2ccc(C(F)(C(F)(F)F)C(F)(F)F)cc2C)cccc1[N+](=O)[O-]. The monoisotopic (exact) mass is 523 g/mol. The number of halogens is 7. The lowest BCUT2D eigenvalue weighted by Crippen LogP contribution is -2.50. The predicted octanol–water partition coefficient (Wildman–Crippen LogP) is 5.97. The van der Waals surface area contributed by atoms with E-state index in [0.29, 0.717) is 18.9 Å². The summed E-state index contributed by atoms with van der Waals surface area (Å²) >= 11 is 0. The summed E-state index contributed by atoms with van der Waals surface area (Å²) in [5.74, 6) is -2.03. The van der Waals surface area contributed by atoms with Gasteiger partial charge in [-0.05, 0) is 31.0 Å². The molecule has 0 bridgehead atoms. The van der Waals surface area contributed by atoms with Crippen molar-refractivity contribution in [1.29, 1.82) is 0 Å². The first-order chi connectivity index (χ1) is 16.6. The number of anilines is 1. The second kappa shape index (κ2) is 10.5. The molecule has 196 valence electrons. The molecule has 0 fully saturated rings. The number of nitro benzene ring substituents is 1. The third kappa shape index (κ3) is 5.57. The first-order valence-corrected chi connectivity index (χ1v) is 10.4. The molecule has 0 aliphatic rings. The summed E-state index contributed by atoms with van der Waals surface area (Å²) in [7, 11) is 0. The van der Waals surface area contributed by atoms with Crippen molar-refractivity contribution in [3.8, 4) is 0 Å². The fourth-order valence-corrected chi connectivity index (χ4v) is 3.28. The fraction of sp³-hybridized carbons (Fsp3) is 0.364. The van der Waals surface area contributed by atoms with Crippen molar-refractivity contribution >= 4 is 23.2 Å². The van der Waals surface area contributed by atoms with Gasteiger partial charge in [-0.25, -0.2) is 4.39 Å². The number of benzene rings is 2. The van der Waals surface area contributed by atoms with Crippen LogP contribution < -0.4 is 10.6 Å². The molecule has 7 nitrogen and oxygen atoms in total. The van der Waals surface area contributed by atoms with E-state index in [2.05, 4.69) is 10.6 Å². The van der Waals surface area contributed by atoms with Crippen LogP contribution in [0, 0.1) is 17.0 Å². The molecule has 2 aromatic rings. The molecule has 0 heterocycles. The van der Waals surface area contributed by atoms with Crippen molar-refractivity contribution in [3.05, 3.63) is 68.8 Å². The van der Waals surface area contributed by atoms with Crippen LogP contribution in [0.1, 0.15) is 51.6 Å². The molecule has 14 heteroatoms. The summed E-state index contributed by atoms with van der Waals surface area (Å²) in [5.41, 5.74) is -9.81. The van der Waals surface area contributed by atoms with Gasteiger partial charge in [0, 0.05) is 23.9 Å². The normalized spacial score (nSPS) is 12.2. The van der Waals surface area contributed by atoms with E-state index in [9.17, 15) is 50.4 Å². The number of nitrogens with zero attached hydrogens (tertiary/aromatic N) is 1. The zero-order valence-corrected chi connectivity index (χ0v) is 18.8. The zero-order chi connectivity index (χ0) is 27.5. The minimum atomic E-state index is -6.31. The summed E-state index contributed by atoms with van der Waals surface area (Å²) in [6, 6.07) is 4.32. The van der Waals surface area contributed by atoms with Crippen LogP contribution in [-0.4, -0.2) is 35.6 Å². The summed E-state index contributed by atoms with van der Waals surface area (Å²) < 4.78 is 92.5. The average Bonchev–Trinajstić information content (AvgIpc) is 2.77. The second-order valence-electron chi connectivity index (χ2n) is 7.70. The topological polar surface area (TPSA) is 101 Å². The van der Waals surface area contributed by atoms with E-state index in [-0.39, 0.29) is 29.9 Å². The van der Waals surface area contributed by atoms with Crippen LogP contribution in [0.2, 0.25) is 0 Å². The maximum absolute atomic E-state index is 14.3. The Labute approximate surface area is 199 Å². The average molecular weight is 523 g/mol. The third-order valence-electron chi connectivity index (χ3n) is 5.18. The predicted molar refractivity (Wildman–Crippen MR) is 114 cm³/mol. The smallest absolute Gasteiger partial charge is 0.352 e. The van der Waals surface area contributed by atoms with Crippen LogP contribution in [0.3, 0.4) is 0 Å². The van der Waals surface area contributed by atoms with Crippen LogP contribution >= 0.6 is 0 Å². The Morgan fingerprint density at radius 1 is 0.972 bits per heavy atom. The van der Waals surface area contributed by atoms with Gasteiger partial charge in [-0.3, -0.25) is 19.7 Å². The standard InChI is InChI=1S/C22H20F7N3O4/c1-3-4-10-30-19(34)17-14(6-5-7-16(17)32(35)36)18(33)31-15-9-8-13(11-12(15)2)20(23,21(24,25)26)22(27,28)29/h5-9,11H,3-4,10H2,1-2H3,(H,30,34)(H,31,33). The lowest BCUT2D eigenvalue weighted by molar-refractivity contribution is -0.385. The van der Waals surface area contributed by atoms with E-state index in [0.717, 1.165) is 25.1 Å². The van der Waals surface area contributed by atoms with E-state index >= 15 is 0 Å². The van der Waals surface area contributed by atoms with E-state index in [1.165, 1.54) is 0 Å².